The zero-order chi connectivity index (χ0) is 54.7. The lowest BCUT2D eigenvalue weighted by atomic mass is 9.53. The smallest absolute Gasteiger partial charge is 0.0758 e. The molecule has 6 aromatic heterocycles. The van der Waals surface area contributed by atoms with Gasteiger partial charge in [-0.15, -0.1) is 0 Å². The van der Waals surface area contributed by atoms with Gasteiger partial charge < -0.3 is 0 Å². The molecule has 6 heteroatoms. The number of aryl methyl sites for hydroxylation is 4. The molecule has 400 valence electrons. The summed E-state index contributed by atoms with van der Waals surface area (Å²) in [7, 11) is 0. The van der Waals surface area contributed by atoms with Gasteiger partial charge in [-0.05, 0) is 247 Å². The van der Waals surface area contributed by atoms with Gasteiger partial charge in [-0.1, -0.05) is 80.9 Å². The molecule has 0 aliphatic heterocycles. The minimum absolute atomic E-state index is 0.0206. The van der Waals surface area contributed by atoms with Crippen LogP contribution in [-0.4, -0.2) is 29.9 Å². The van der Waals surface area contributed by atoms with Gasteiger partial charge >= 0.3 is 0 Å². The summed E-state index contributed by atoms with van der Waals surface area (Å²) in [4.78, 5) is 31.5. The van der Waals surface area contributed by atoms with Crippen LogP contribution in [0.15, 0.2) is 171 Å². The molecule has 0 amide bonds. The van der Waals surface area contributed by atoms with Crippen LogP contribution in [0, 0.1) is 19.3 Å². The molecule has 4 fully saturated rings. The van der Waals surface area contributed by atoms with Crippen molar-refractivity contribution in [1.29, 1.82) is 0 Å². The van der Waals surface area contributed by atoms with Crippen molar-refractivity contribution in [3.63, 3.8) is 0 Å². The Morgan fingerprint density at radius 2 is 0.866 bits per heavy atom. The Labute approximate surface area is 481 Å². The lowest BCUT2D eigenvalue weighted by Crippen LogP contribution is -2.48. The summed E-state index contributed by atoms with van der Waals surface area (Å²) < 4.78 is 0. The van der Waals surface area contributed by atoms with E-state index in [0.717, 1.165) is 83.6 Å². The molecular weight excluding hydrogens is 997 g/mol. The van der Waals surface area contributed by atoms with E-state index in [0.29, 0.717) is 5.41 Å². The first-order valence-electron chi connectivity index (χ1n) is 30.5. The molecule has 0 radical (unpaired) electrons. The normalized spacial score (nSPS) is 24.4. The molecule has 5 atom stereocenters. The molecule has 6 nitrogen and oxygen atoms in total. The van der Waals surface area contributed by atoms with E-state index in [-0.39, 0.29) is 21.7 Å². The predicted octanol–water partition coefficient (Wildman–Crippen LogP) is 18.1. The third kappa shape index (κ3) is 6.41. The van der Waals surface area contributed by atoms with Crippen LogP contribution in [0.3, 0.4) is 0 Å². The summed E-state index contributed by atoms with van der Waals surface area (Å²) in [6, 6.07) is 50.9. The minimum atomic E-state index is -0.0404. The molecule has 3 spiro atoms. The minimum Gasteiger partial charge on any atom is -0.261 e. The first-order valence-corrected chi connectivity index (χ1v) is 30.5. The molecule has 0 N–H and O–H groups in total. The van der Waals surface area contributed by atoms with Crippen LogP contribution in [0.1, 0.15) is 129 Å². The van der Waals surface area contributed by atoms with Gasteiger partial charge in [0, 0.05) is 92.2 Å². The summed E-state index contributed by atoms with van der Waals surface area (Å²) in [5.74, 6) is 0. The standard InChI is InChI=1S/C76H66N6/c1-5-73-24-14-25-74(73,6-2)70-60(20-12-31-78-70)68-64(73)39-53(42-81-68)58-18-10-8-16-56(58)50-36-49(55-15-7-9-17-57(55)52-35-48-22-23-66-59(19-11-30-77-66)67(48)80-41-52)37-51(38-50)62-33-46(3)47(4)34-63(62)54-40-65-69(82-43-54)61-21-13-32-79-71(61)76-29-27-72(45-76)26-28-75(65,76)44-72/h7-13,15-21,30-43H,5-6,14,22-29,44-45H2,1-4H3. The monoisotopic (exact) mass is 1060 g/mol. The molecule has 6 heterocycles. The van der Waals surface area contributed by atoms with Crippen LogP contribution in [-0.2, 0) is 34.5 Å². The van der Waals surface area contributed by atoms with Crippen molar-refractivity contribution in [1.82, 2.24) is 29.9 Å². The van der Waals surface area contributed by atoms with Crippen molar-refractivity contribution in [3.8, 4) is 101 Å². The lowest BCUT2D eigenvalue weighted by Gasteiger charge is -2.50. The highest BCUT2D eigenvalue weighted by molar-refractivity contribution is 5.95. The van der Waals surface area contributed by atoms with Crippen LogP contribution < -0.4 is 0 Å². The molecule has 17 rings (SSSR count). The Kier molecular flexibility index (Phi) is 10.3. The Morgan fingerprint density at radius 1 is 0.378 bits per heavy atom. The van der Waals surface area contributed by atoms with E-state index in [1.54, 1.807) is 0 Å². The Bertz CT molecular complexity index is 4380. The number of pyridine rings is 6. The Hall–Kier alpha value is -8.22. The van der Waals surface area contributed by atoms with Crippen LogP contribution in [0.4, 0.5) is 0 Å². The van der Waals surface area contributed by atoms with Crippen molar-refractivity contribution in [3.05, 3.63) is 216 Å². The average molecular weight is 1060 g/mol. The maximum atomic E-state index is 5.56. The summed E-state index contributed by atoms with van der Waals surface area (Å²) in [6.07, 6.45) is 27.4. The molecule has 7 aliphatic rings. The average Bonchev–Trinajstić information content (AvgIpc) is 2.59. The van der Waals surface area contributed by atoms with E-state index in [9.17, 15) is 0 Å². The number of nitrogens with zero attached hydrogens (tertiary/aromatic N) is 6. The van der Waals surface area contributed by atoms with E-state index >= 15 is 0 Å². The highest BCUT2D eigenvalue weighted by atomic mass is 14.9. The number of hydrogen-bond acceptors (Lipinski definition) is 6. The van der Waals surface area contributed by atoms with Crippen LogP contribution >= 0.6 is 0 Å². The van der Waals surface area contributed by atoms with Crippen LogP contribution in [0.25, 0.3) is 101 Å². The van der Waals surface area contributed by atoms with E-state index in [1.807, 2.05) is 24.7 Å². The summed E-state index contributed by atoms with van der Waals surface area (Å²) in [5.41, 5.74) is 32.0. The molecular formula is C76H66N6. The van der Waals surface area contributed by atoms with Gasteiger partial charge in [0.05, 0.1) is 34.2 Å². The van der Waals surface area contributed by atoms with Gasteiger partial charge in [-0.3, -0.25) is 29.9 Å². The van der Waals surface area contributed by atoms with Crippen molar-refractivity contribution in [2.45, 2.75) is 133 Å². The fourth-order valence-corrected chi connectivity index (χ4v) is 18.9. The van der Waals surface area contributed by atoms with Gasteiger partial charge in [0.1, 0.15) is 0 Å². The van der Waals surface area contributed by atoms with E-state index < -0.39 is 0 Å². The van der Waals surface area contributed by atoms with E-state index in [1.165, 1.54) is 145 Å². The third-order valence-corrected chi connectivity index (χ3v) is 22.6. The number of fused-ring (bicyclic) bond motifs is 12. The van der Waals surface area contributed by atoms with E-state index in [4.69, 9.17) is 29.9 Å². The number of benzene rings is 4. The lowest BCUT2D eigenvalue weighted by molar-refractivity contribution is 0.224. The third-order valence-electron chi connectivity index (χ3n) is 22.6. The molecule has 5 unspecified atom stereocenters. The van der Waals surface area contributed by atoms with Gasteiger partial charge in [-0.2, -0.15) is 0 Å². The van der Waals surface area contributed by atoms with Crippen LogP contribution in [0.2, 0.25) is 0 Å². The maximum absolute atomic E-state index is 5.56. The number of rotatable bonds is 8. The summed E-state index contributed by atoms with van der Waals surface area (Å²) in [5, 5.41) is 0. The van der Waals surface area contributed by atoms with Gasteiger partial charge in [0.2, 0.25) is 0 Å². The molecule has 82 heavy (non-hydrogen) atoms. The highest BCUT2D eigenvalue weighted by Crippen LogP contribution is 2.80. The largest absolute Gasteiger partial charge is 0.261 e. The molecule has 10 aromatic rings. The molecule has 3 bridgehead atoms. The van der Waals surface area contributed by atoms with Crippen molar-refractivity contribution >= 4 is 0 Å². The summed E-state index contributed by atoms with van der Waals surface area (Å²) in [6.45, 7) is 9.35. The molecule has 4 aromatic carbocycles. The van der Waals surface area contributed by atoms with Gasteiger partial charge in [0.15, 0.2) is 0 Å². The fraction of sp³-hybridized carbons (Fsp3) is 0.289. The Balaban J connectivity index is 0.871. The molecule has 4 saturated carbocycles. The SMILES string of the molecule is CCC12CCCC1(CC)c1ncccc1-c1ncc(-c3ccccc3-c3cc(-c4ccccc4-c4cnc5c(c4)CCc4ncccc4-5)cc(-c4cc(C)c(C)cc4-c4cnc5c(c4)C46CCC7(CCC4(C7)c4ncccc4-5)C6)c3)cc12. The fourth-order valence-electron chi connectivity index (χ4n) is 18.9. The second-order valence-corrected chi connectivity index (χ2v) is 25.9. The van der Waals surface area contributed by atoms with Crippen molar-refractivity contribution in [2.75, 3.05) is 0 Å². The second-order valence-electron chi connectivity index (χ2n) is 25.9. The Morgan fingerprint density at radius 3 is 1.54 bits per heavy atom. The van der Waals surface area contributed by atoms with Crippen molar-refractivity contribution in [2.24, 2.45) is 5.41 Å². The van der Waals surface area contributed by atoms with Crippen molar-refractivity contribution < 1.29 is 0 Å². The second kappa shape index (κ2) is 17.4. The zero-order valence-corrected chi connectivity index (χ0v) is 47.5. The maximum Gasteiger partial charge on any atom is 0.0758 e. The summed E-state index contributed by atoms with van der Waals surface area (Å²) >= 11 is 0. The molecule has 7 aliphatic carbocycles. The van der Waals surface area contributed by atoms with Gasteiger partial charge in [0.25, 0.3) is 0 Å². The number of hydrogen-bond donors (Lipinski definition) is 0. The first kappa shape index (κ1) is 48.5. The number of aromatic nitrogens is 6. The first-order chi connectivity index (χ1) is 40.2. The zero-order valence-electron chi connectivity index (χ0n) is 47.5. The quantitative estimate of drug-likeness (QED) is 0.151. The molecule has 0 saturated heterocycles. The highest BCUT2D eigenvalue weighted by Gasteiger charge is 2.74. The predicted molar refractivity (Wildman–Crippen MR) is 330 cm³/mol. The van der Waals surface area contributed by atoms with E-state index in [2.05, 4.69) is 174 Å². The van der Waals surface area contributed by atoms with Gasteiger partial charge in [-0.25, -0.2) is 0 Å². The topological polar surface area (TPSA) is 77.3 Å². The van der Waals surface area contributed by atoms with Crippen LogP contribution in [0.5, 0.6) is 0 Å².